The van der Waals surface area contributed by atoms with Crippen LogP contribution >= 0.6 is 0 Å². The van der Waals surface area contributed by atoms with Crippen molar-refractivity contribution in [1.82, 2.24) is 5.32 Å². The number of nitrogens with one attached hydrogen (secondary N) is 1. The lowest BCUT2D eigenvalue weighted by atomic mass is 9.79. The highest BCUT2D eigenvalue weighted by molar-refractivity contribution is 5.39. The Morgan fingerprint density at radius 3 is 2.48 bits per heavy atom. The van der Waals surface area contributed by atoms with E-state index < -0.39 is 5.60 Å². The lowest BCUT2D eigenvalue weighted by Gasteiger charge is -2.38. The minimum Gasteiger partial charge on any atom is -0.383 e. The molecule has 2 unspecified atom stereocenters. The Morgan fingerprint density at radius 2 is 1.76 bits per heavy atom. The molecule has 2 nitrogen and oxygen atoms in total. The van der Waals surface area contributed by atoms with Crippen molar-refractivity contribution in [3.63, 3.8) is 0 Å². The Labute approximate surface area is 126 Å². The van der Waals surface area contributed by atoms with Gasteiger partial charge in [0.15, 0.2) is 0 Å². The van der Waals surface area contributed by atoms with Crippen LogP contribution in [0.5, 0.6) is 0 Å². The maximum Gasteiger partial charge on any atom is 0.106 e. The van der Waals surface area contributed by atoms with Gasteiger partial charge in [-0.3, -0.25) is 0 Å². The molecule has 0 saturated heterocycles. The van der Waals surface area contributed by atoms with E-state index in [2.05, 4.69) is 61.6 Å². The summed E-state index contributed by atoms with van der Waals surface area (Å²) in [6.07, 6.45) is 1.02. The van der Waals surface area contributed by atoms with E-state index in [9.17, 15) is 5.11 Å². The number of aliphatic hydroxyl groups is 1. The number of benzene rings is 2. The van der Waals surface area contributed by atoms with E-state index in [-0.39, 0.29) is 6.04 Å². The predicted molar refractivity (Wildman–Crippen MR) is 86.4 cm³/mol. The Hall–Kier alpha value is -1.64. The van der Waals surface area contributed by atoms with Gasteiger partial charge in [0.05, 0.1) is 6.04 Å². The highest BCUT2D eigenvalue weighted by Gasteiger charge is 2.37. The summed E-state index contributed by atoms with van der Waals surface area (Å²) in [7, 11) is 0. The smallest absolute Gasteiger partial charge is 0.106 e. The van der Waals surface area contributed by atoms with Crippen LogP contribution in [0.3, 0.4) is 0 Å². The molecule has 1 aliphatic rings. The van der Waals surface area contributed by atoms with Gasteiger partial charge in [0.2, 0.25) is 0 Å². The van der Waals surface area contributed by atoms with Crippen LogP contribution in [0.2, 0.25) is 0 Å². The van der Waals surface area contributed by atoms with Gasteiger partial charge in [-0.2, -0.15) is 0 Å². The van der Waals surface area contributed by atoms with Crippen LogP contribution in [-0.2, 0) is 12.0 Å². The zero-order chi connectivity index (χ0) is 15.0. The Bertz CT molecular complexity index is 640. The standard InChI is InChI=1S/C19H23NO/c1-13-10-14(2)12-16(11-13)19(3,21)18-17-7-5-4-6-15(17)8-9-20-18/h4-7,10-12,18,20-21H,8-9H2,1-3H3. The Kier molecular flexibility index (Phi) is 3.60. The highest BCUT2D eigenvalue weighted by atomic mass is 16.3. The minimum absolute atomic E-state index is 0.0661. The van der Waals surface area contributed by atoms with Crippen molar-refractivity contribution in [2.75, 3.05) is 6.54 Å². The molecule has 2 N–H and O–H groups in total. The van der Waals surface area contributed by atoms with Gasteiger partial charge in [0.1, 0.15) is 5.60 Å². The average Bonchev–Trinajstić information content (AvgIpc) is 2.45. The highest BCUT2D eigenvalue weighted by Crippen LogP contribution is 2.38. The molecular weight excluding hydrogens is 258 g/mol. The Morgan fingerprint density at radius 1 is 1.10 bits per heavy atom. The fraction of sp³-hybridized carbons (Fsp3) is 0.368. The zero-order valence-electron chi connectivity index (χ0n) is 13.0. The Balaban J connectivity index is 2.06. The predicted octanol–water partition coefficient (Wildman–Crippen LogP) is 3.40. The second kappa shape index (κ2) is 5.28. The first kappa shape index (κ1) is 14.3. The maximum atomic E-state index is 11.2. The lowest BCUT2D eigenvalue weighted by Crippen LogP contribution is -2.43. The summed E-state index contributed by atoms with van der Waals surface area (Å²) in [5.74, 6) is 0. The number of hydrogen-bond acceptors (Lipinski definition) is 2. The molecular formula is C19H23NO. The summed E-state index contributed by atoms with van der Waals surface area (Å²) in [6, 6.07) is 14.7. The largest absolute Gasteiger partial charge is 0.383 e. The molecule has 2 heteroatoms. The van der Waals surface area contributed by atoms with Gasteiger partial charge in [-0.05, 0) is 50.4 Å². The van der Waals surface area contributed by atoms with Gasteiger partial charge in [-0.25, -0.2) is 0 Å². The summed E-state index contributed by atoms with van der Waals surface area (Å²) in [5.41, 5.74) is 4.99. The van der Waals surface area contributed by atoms with Gasteiger partial charge in [0, 0.05) is 0 Å². The topological polar surface area (TPSA) is 32.3 Å². The molecule has 0 aliphatic carbocycles. The monoisotopic (exact) mass is 281 g/mol. The van der Waals surface area contributed by atoms with Gasteiger partial charge >= 0.3 is 0 Å². The van der Waals surface area contributed by atoms with E-state index >= 15 is 0 Å². The summed E-state index contributed by atoms with van der Waals surface area (Å²) >= 11 is 0. The van der Waals surface area contributed by atoms with Gasteiger partial charge < -0.3 is 10.4 Å². The molecule has 3 rings (SSSR count). The molecule has 2 atom stereocenters. The molecule has 0 amide bonds. The molecule has 2 aromatic rings. The molecule has 1 heterocycles. The van der Waals surface area contributed by atoms with Gasteiger partial charge in [-0.15, -0.1) is 0 Å². The van der Waals surface area contributed by atoms with E-state index in [1.165, 1.54) is 22.3 Å². The van der Waals surface area contributed by atoms with Crippen molar-refractivity contribution in [2.45, 2.75) is 38.8 Å². The maximum absolute atomic E-state index is 11.2. The van der Waals surface area contributed by atoms with Crippen molar-refractivity contribution in [3.8, 4) is 0 Å². The van der Waals surface area contributed by atoms with Crippen molar-refractivity contribution >= 4 is 0 Å². The molecule has 0 bridgehead atoms. The van der Waals surface area contributed by atoms with Crippen molar-refractivity contribution in [2.24, 2.45) is 0 Å². The van der Waals surface area contributed by atoms with Crippen LogP contribution in [0.25, 0.3) is 0 Å². The van der Waals surface area contributed by atoms with Crippen LogP contribution in [0, 0.1) is 13.8 Å². The third-order valence-corrected chi connectivity index (χ3v) is 4.48. The third kappa shape index (κ3) is 2.61. The number of fused-ring (bicyclic) bond motifs is 1. The number of hydrogen-bond donors (Lipinski definition) is 2. The van der Waals surface area contributed by atoms with Crippen LogP contribution in [0.15, 0.2) is 42.5 Å². The summed E-state index contributed by atoms with van der Waals surface area (Å²) in [5, 5.41) is 14.7. The second-order valence-electron chi connectivity index (χ2n) is 6.36. The quantitative estimate of drug-likeness (QED) is 0.884. The van der Waals surface area contributed by atoms with Crippen LogP contribution < -0.4 is 5.32 Å². The van der Waals surface area contributed by atoms with E-state index in [1.807, 2.05) is 6.92 Å². The first-order valence-electron chi connectivity index (χ1n) is 7.61. The van der Waals surface area contributed by atoms with Crippen LogP contribution in [-0.4, -0.2) is 11.7 Å². The second-order valence-corrected chi connectivity index (χ2v) is 6.36. The molecule has 0 fully saturated rings. The average molecular weight is 281 g/mol. The fourth-order valence-corrected chi connectivity index (χ4v) is 3.44. The van der Waals surface area contributed by atoms with E-state index in [4.69, 9.17) is 0 Å². The van der Waals surface area contributed by atoms with Gasteiger partial charge in [0.25, 0.3) is 0 Å². The van der Waals surface area contributed by atoms with Crippen LogP contribution in [0.4, 0.5) is 0 Å². The van der Waals surface area contributed by atoms with E-state index in [0.29, 0.717) is 0 Å². The molecule has 0 aromatic heterocycles. The molecule has 2 aromatic carbocycles. The zero-order valence-corrected chi connectivity index (χ0v) is 13.0. The summed E-state index contributed by atoms with van der Waals surface area (Å²) in [4.78, 5) is 0. The van der Waals surface area contributed by atoms with Crippen molar-refractivity contribution in [3.05, 3.63) is 70.3 Å². The lowest BCUT2D eigenvalue weighted by molar-refractivity contribution is 0.0117. The first-order chi connectivity index (χ1) is 9.98. The fourth-order valence-electron chi connectivity index (χ4n) is 3.44. The normalized spacial score (nSPS) is 20.7. The molecule has 21 heavy (non-hydrogen) atoms. The molecule has 0 saturated carbocycles. The summed E-state index contributed by atoms with van der Waals surface area (Å²) in [6.45, 7) is 6.98. The minimum atomic E-state index is -0.923. The first-order valence-corrected chi connectivity index (χ1v) is 7.61. The molecule has 1 aliphatic heterocycles. The van der Waals surface area contributed by atoms with Crippen LogP contribution in [0.1, 0.15) is 40.8 Å². The van der Waals surface area contributed by atoms with Crippen molar-refractivity contribution < 1.29 is 5.11 Å². The molecule has 0 radical (unpaired) electrons. The van der Waals surface area contributed by atoms with Gasteiger partial charge in [-0.1, -0.05) is 53.6 Å². The SMILES string of the molecule is Cc1cc(C)cc(C(C)(O)C2NCCc3ccccc32)c1. The molecule has 0 spiro atoms. The van der Waals surface area contributed by atoms with E-state index in [0.717, 1.165) is 18.5 Å². The number of aryl methyl sites for hydroxylation is 2. The summed E-state index contributed by atoms with van der Waals surface area (Å²) < 4.78 is 0. The van der Waals surface area contributed by atoms with E-state index in [1.54, 1.807) is 0 Å². The van der Waals surface area contributed by atoms with Crippen molar-refractivity contribution in [1.29, 1.82) is 0 Å². The third-order valence-electron chi connectivity index (χ3n) is 4.48. The molecule has 110 valence electrons. The number of rotatable bonds is 2.